The summed E-state index contributed by atoms with van der Waals surface area (Å²) >= 11 is 0. The molecule has 0 aliphatic carbocycles. The maximum absolute atomic E-state index is 14.5. The molecule has 0 saturated carbocycles. The maximum Gasteiger partial charge on any atom is 0.324 e. The predicted octanol–water partition coefficient (Wildman–Crippen LogP) is 6.02. The number of imidazole rings is 1. The Morgan fingerprint density at radius 2 is 1.78 bits per heavy atom. The average Bonchev–Trinajstić information content (AvgIpc) is 3.55. The molecule has 41 heavy (non-hydrogen) atoms. The Bertz CT molecular complexity index is 1490. The van der Waals surface area contributed by atoms with Gasteiger partial charge in [-0.25, -0.2) is 13.8 Å². The summed E-state index contributed by atoms with van der Waals surface area (Å²) in [7, 11) is 0. The van der Waals surface area contributed by atoms with Crippen molar-refractivity contribution in [3.05, 3.63) is 65.2 Å². The Labute approximate surface area is 250 Å². The van der Waals surface area contributed by atoms with Crippen LogP contribution in [0, 0.1) is 17.6 Å². The lowest BCUT2D eigenvalue weighted by atomic mass is 9.86. The van der Waals surface area contributed by atoms with Crippen molar-refractivity contribution >= 4 is 41.9 Å². The smallest absolute Gasteiger partial charge is 0.324 e. The molecule has 0 bridgehead atoms. The lowest BCUT2D eigenvalue weighted by molar-refractivity contribution is 0.132. The van der Waals surface area contributed by atoms with Crippen LogP contribution in [0.4, 0.5) is 14.8 Å². The van der Waals surface area contributed by atoms with Gasteiger partial charge in [0, 0.05) is 50.0 Å². The van der Waals surface area contributed by atoms with Crippen LogP contribution in [0.15, 0.2) is 40.9 Å². The number of fused-ring (bicyclic) bond motifs is 3. The number of nitrogens with zero attached hydrogens (tertiary/aromatic N) is 5. The summed E-state index contributed by atoms with van der Waals surface area (Å²) in [5, 5.41) is 4.08. The van der Waals surface area contributed by atoms with Crippen LogP contribution in [-0.4, -0.2) is 44.9 Å². The van der Waals surface area contributed by atoms with Crippen molar-refractivity contribution in [3.8, 4) is 5.75 Å². The molecular formula is C29H36Cl2F2N6O2. The van der Waals surface area contributed by atoms with Crippen LogP contribution in [0.2, 0.25) is 0 Å². The van der Waals surface area contributed by atoms with Crippen LogP contribution >= 0.6 is 24.8 Å². The summed E-state index contributed by atoms with van der Waals surface area (Å²) in [6.07, 6.45) is 2.42. The van der Waals surface area contributed by atoms with E-state index in [1.54, 1.807) is 0 Å². The SMILES string of the molecule is CC(C)c1noc(N2CCC([C@H](C)Oc3ccc4c(c3)nc3n4C[C@H](N)[C@@H](c4cc(F)ccc4F)C3)CC2)n1.Cl.Cl. The number of nitrogens with two attached hydrogens (primary N) is 1. The molecule has 3 atom stereocenters. The molecule has 2 aromatic heterocycles. The summed E-state index contributed by atoms with van der Waals surface area (Å²) in [6, 6.07) is 9.73. The molecule has 4 heterocycles. The molecule has 1 fully saturated rings. The Kier molecular flexibility index (Phi) is 9.45. The molecule has 2 aromatic carbocycles. The van der Waals surface area contributed by atoms with Crippen LogP contribution in [0.5, 0.6) is 5.75 Å². The fourth-order valence-electron chi connectivity index (χ4n) is 5.88. The molecule has 0 amide bonds. The highest BCUT2D eigenvalue weighted by molar-refractivity contribution is 5.85. The van der Waals surface area contributed by atoms with E-state index < -0.39 is 11.6 Å². The predicted molar refractivity (Wildman–Crippen MR) is 158 cm³/mol. The monoisotopic (exact) mass is 608 g/mol. The molecule has 6 rings (SSSR count). The van der Waals surface area contributed by atoms with Gasteiger partial charge in [0.15, 0.2) is 5.82 Å². The first-order valence-electron chi connectivity index (χ1n) is 13.7. The lowest BCUT2D eigenvalue weighted by Crippen LogP contribution is -2.39. The number of hydrogen-bond acceptors (Lipinski definition) is 7. The van der Waals surface area contributed by atoms with E-state index in [-0.39, 0.29) is 48.8 Å². The Morgan fingerprint density at radius 1 is 1.02 bits per heavy atom. The minimum atomic E-state index is -0.464. The first-order valence-corrected chi connectivity index (χ1v) is 13.7. The van der Waals surface area contributed by atoms with Gasteiger partial charge in [-0.05, 0) is 61.6 Å². The number of halogens is 4. The van der Waals surface area contributed by atoms with Crippen molar-refractivity contribution in [1.82, 2.24) is 19.7 Å². The van der Waals surface area contributed by atoms with Gasteiger partial charge in [0.1, 0.15) is 23.2 Å². The van der Waals surface area contributed by atoms with Gasteiger partial charge in [-0.1, -0.05) is 19.0 Å². The zero-order valence-electron chi connectivity index (χ0n) is 23.3. The van der Waals surface area contributed by atoms with E-state index in [1.807, 2.05) is 18.2 Å². The molecule has 1 saturated heterocycles. The van der Waals surface area contributed by atoms with Crippen molar-refractivity contribution in [2.24, 2.45) is 11.7 Å². The molecule has 0 unspecified atom stereocenters. The number of anilines is 1. The summed E-state index contributed by atoms with van der Waals surface area (Å²) in [4.78, 5) is 11.5. The molecule has 0 radical (unpaired) electrons. The number of piperidine rings is 1. The van der Waals surface area contributed by atoms with Crippen molar-refractivity contribution < 1.29 is 18.0 Å². The van der Waals surface area contributed by atoms with Crippen molar-refractivity contribution in [3.63, 3.8) is 0 Å². The molecule has 0 spiro atoms. The van der Waals surface area contributed by atoms with Gasteiger partial charge < -0.3 is 24.5 Å². The minimum absolute atomic E-state index is 0. The fraction of sp³-hybridized carbons (Fsp3) is 0.483. The molecule has 222 valence electrons. The minimum Gasteiger partial charge on any atom is -0.490 e. The maximum atomic E-state index is 14.5. The van der Waals surface area contributed by atoms with Gasteiger partial charge in [-0.2, -0.15) is 4.98 Å². The van der Waals surface area contributed by atoms with E-state index in [1.165, 1.54) is 6.07 Å². The van der Waals surface area contributed by atoms with E-state index in [2.05, 4.69) is 40.4 Å². The van der Waals surface area contributed by atoms with Gasteiger partial charge in [-0.3, -0.25) is 0 Å². The Hall–Kier alpha value is -2.95. The van der Waals surface area contributed by atoms with Crippen molar-refractivity contribution in [2.45, 2.75) is 70.6 Å². The largest absolute Gasteiger partial charge is 0.490 e. The number of benzene rings is 2. The zero-order chi connectivity index (χ0) is 27.3. The van der Waals surface area contributed by atoms with Gasteiger partial charge in [-0.15, -0.1) is 24.8 Å². The molecule has 2 N–H and O–H groups in total. The number of ether oxygens (including phenoxy) is 1. The topological polar surface area (TPSA) is 95.2 Å². The number of hydrogen-bond donors (Lipinski definition) is 1. The molecular weight excluding hydrogens is 573 g/mol. The Morgan fingerprint density at radius 3 is 2.49 bits per heavy atom. The third-order valence-corrected chi connectivity index (χ3v) is 8.21. The Balaban J connectivity index is 0.00000194. The highest BCUT2D eigenvalue weighted by atomic mass is 35.5. The van der Waals surface area contributed by atoms with E-state index in [0.717, 1.165) is 66.5 Å². The number of aromatic nitrogens is 4. The van der Waals surface area contributed by atoms with Crippen molar-refractivity contribution in [1.29, 1.82) is 0 Å². The third kappa shape index (κ3) is 6.15. The third-order valence-electron chi connectivity index (χ3n) is 8.21. The van der Waals surface area contributed by atoms with Crippen LogP contribution in [0.3, 0.4) is 0 Å². The number of rotatable bonds is 6. The highest BCUT2D eigenvalue weighted by Gasteiger charge is 2.32. The molecule has 4 aromatic rings. The summed E-state index contributed by atoms with van der Waals surface area (Å²) in [5.41, 5.74) is 8.54. The van der Waals surface area contributed by atoms with E-state index >= 15 is 0 Å². The van der Waals surface area contributed by atoms with Crippen LogP contribution in [0.1, 0.15) is 62.7 Å². The second-order valence-corrected chi connectivity index (χ2v) is 11.2. The van der Waals surface area contributed by atoms with Gasteiger partial charge in [0.05, 0.1) is 17.1 Å². The fourth-order valence-corrected chi connectivity index (χ4v) is 5.88. The highest BCUT2D eigenvalue weighted by Crippen LogP contribution is 2.34. The van der Waals surface area contributed by atoms with E-state index in [4.69, 9.17) is 20.0 Å². The van der Waals surface area contributed by atoms with Crippen LogP contribution < -0.4 is 15.4 Å². The average molecular weight is 610 g/mol. The normalized spacial score (nSPS) is 19.9. The summed E-state index contributed by atoms with van der Waals surface area (Å²) in [6.45, 7) is 8.39. The molecule has 2 aliphatic heterocycles. The summed E-state index contributed by atoms with van der Waals surface area (Å²) < 4.78 is 42.3. The molecule has 2 aliphatic rings. The molecule has 12 heteroatoms. The quantitative estimate of drug-likeness (QED) is 0.286. The molecule has 8 nitrogen and oxygen atoms in total. The second-order valence-electron chi connectivity index (χ2n) is 11.2. The van der Waals surface area contributed by atoms with Crippen molar-refractivity contribution in [2.75, 3.05) is 18.0 Å². The van der Waals surface area contributed by atoms with Gasteiger partial charge in [0.2, 0.25) is 0 Å². The van der Waals surface area contributed by atoms with Crippen LogP contribution in [-0.2, 0) is 13.0 Å². The van der Waals surface area contributed by atoms with E-state index in [0.29, 0.717) is 30.5 Å². The van der Waals surface area contributed by atoms with Gasteiger partial charge in [0.25, 0.3) is 0 Å². The van der Waals surface area contributed by atoms with E-state index in [9.17, 15) is 8.78 Å². The summed E-state index contributed by atoms with van der Waals surface area (Å²) in [5.74, 6) is 1.72. The standard InChI is InChI=1S/C29H34F2N6O2.2ClH/c1-16(2)28-34-29(39-35-28)36-10-8-18(9-11-36)17(3)38-20-5-7-26-25(13-20)33-27-14-22(24(32)15-37(26)27)21-12-19(30)4-6-23(21)31;;/h4-7,12-13,16-18,22,24H,8-11,14-15,32H2,1-3H3;2*1H/t17-,22+,24-;;/m0../s1. The second kappa shape index (κ2) is 12.5. The zero-order valence-corrected chi connectivity index (χ0v) is 24.9. The lowest BCUT2D eigenvalue weighted by Gasteiger charge is -2.33. The first kappa shape index (κ1) is 31.0. The van der Waals surface area contributed by atoms with Gasteiger partial charge >= 0.3 is 6.01 Å². The van der Waals surface area contributed by atoms with Crippen LogP contribution in [0.25, 0.3) is 11.0 Å². The first-order chi connectivity index (χ1) is 18.8.